The molecule has 2 aliphatic carbocycles. The molecule has 1 aromatic rings. The highest BCUT2D eigenvalue weighted by atomic mass is 35.5. The van der Waals surface area contributed by atoms with E-state index in [0.717, 1.165) is 24.8 Å². The van der Waals surface area contributed by atoms with Crippen LogP contribution in [0.15, 0.2) is 30.3 Å². The second-order valence-electron chi connectivity index (χ2n) is 6.85. The molecule has 8 heteroatoms. The van der Waals surface area contributed by atoms with Gasteiger partial charge in [0, 0.05) is 19.1 Å². The van der Waals surface area contributed by atoms with Crippen LogP contribution >= 0.6 is 12.4 Å². The summed E-state index contributed by atoms with van der Waals surface area (Å²) >= 11 is 0. The number of nitrogens with two attached hydrogens (primary N) is 1. The lowest BCUT2D eigenvalue weighted by molar-refractivity contribution is -0.126. The molecule has 2 bridgehead atoms. The highest BCUT2D eigenvalue weighted by Crippen LogP contribution is 2.47. The van der Waals surface area contributed by atoms with Crippen LogP contribution in [-0.4, -0.2) is 32.7 Å². The van der Waals surface area contributed by atoms with Crippen LogP contribution in [0.5, 0.6) is 0 Å². The lowest BCUT2D eigenvalue weighted by Gasteiger charge is -2.26. The largest absolute Gasteiger partial charge is 0.355 e. The summed E-state index contributed by atoms with van der Waals surface area (Å²) < 4.78 is 26.6. The van der Waals surface area contributed by atoms with Gasteiger partial charge in [0.2, 0.25) is 15.9 Å². The smallest absolute Gasteiger partial charge is 0.225 e. The molecule has 4 unspecified atom stereocenters. The molecule has 6 nitrogen and oxygen atoms in total. The first-order valence-corrected chi connectivity index (χ1v) is 10.2. The van der Waals surface area contributed by atoms with Crippen molar-refractivity contribution < 1.29 is 13.2 Å². The Bertz CT molecular complexity index is 682. The number of carbonyl (C=O) groups is 1. The van der Waals surface area contributed by atoms with Gasteiger partial charge in [0.15, 0.2) is 0 Å². The molecule has 1 amide bonds. The monoisotopic (exact) mass is 387 g/mol. The molecule has 25 heavy (non-hydrogen) atoms. The van der Waals surface area contributed by atoms with Gasteiger partial charge in [-0.05, 0) is 36.7 Å². The summed E-state index contributed by atoms with van der Waals surface area (Å²) in [6.45, 7) is 0.373. The standard InChI is InChI=1S/C17H25N3O3S.ClH/c18-16-14-7-6-13(10-14)15(16)17(21)19-8-9-24(22,23)20-11-12-4-2-1-3-5-12;/h1-5,13-16,20H,6-11,18H2,(H,19,21);1H. The highest BCUT2D eigenvalue weighted by molar-refractivity contribution is 7.89. The molecule has 2 saturated carbocycles. The third-order valence-electron chi connectivity index (χ3n) is 5.29. The van der Waals surface area contributed by atoms with Crippen LogP contribution in [0, 0.1) is 17.8 Å². The van der Waals surface area contributed by atoms with Crippen LogP contribution in [0.2, 0.25) is 0 Å². The number of sulfonamides is 1. The Morgan fingerprint density at radius 2 is 1.84 bits per heavy atom. The molecule has 1 aromatic carbocycles. The van der Waals surface area contributed by atoms with Crippen molar-refractivity contribution in [1.29, 1.82) is 0 Å². The summed E-state index contributed by atoms with van der Waals surface area (Å²) in [6, 6.07) is 9.26. The molecule has 0 saturated heterocycles. The van der Waals surface area contributed by atoms with Gasteiger partial charge in [-0.25, -0.2) is 13.1 Å². The predicted octanol–water partition coefficient (Wildman–Crippen LogP) is 1.02. The third-order valence-corrected chi connectivity index (χ3v) is 6.62. The van der Waals surface area contributed by atoms with E-state index < -0.39 is 10.0 Å². The number of rotatable bonds is 7. The molecule has 0 radical (unpaired) electrons. The Hall–Kier alpha value is -1.15. The van der Waals surface area contributed by atoms with Gasteiger partial charge >= 0.3 is 0 Å². The second-order valence-corrected chi connectivity index (χ2v) is 8.78. The van der Waals surface area contributed by atoms with E-state index in [-0.39, 0.29) is 49.1 Å². The van der Waals surface area contributed by atoms with Crippen molar-refractivity contribution in [2.45, 2.75) is 31.8 Å². The zero-order chi connectivity index (χ0) is 17.2. The maximum absolute atomic E-state index is 12.3. The number of benzene rings is 1. The van der Waals surface area contributed by atoms with Crippen LogP contribution in [0.1, 0.15) is 24.8 Å². The van der Waals surface area contributed by atoms with Crippen LogP contribution < -0.4 is 15.8 Å². The molecule has 0 spiro atoms. The topological polar surface area (TPSA) is 101 Å². The Morgan fingerprint density at radius 3 is 2.48 bits per heavy atom. The fourth-order valence-electron chi connectivity index (χ4n) is 4.01. The Morgan fingerprint density at radius 1 is 1.16 bits per heavy atom. The summed E-state index contributed by atoms with van der Waals surface area (Å²) in [5.41, 5.74) is 7.04. The molecule has 4 atom stereocenters. The van der Waals surface area contributed by atoms with Gasteiger partial charge in [-0.2, -0.15) is 0 Å². The maximum Gasteiger partial charge on any atom is 0.225 e. The summed E-state index contributed by atoms with van der Waals surface area (Å²) in [4.78, 5) is 12.3. The average molecular weight is 388 g/mol. The molecular weight excluding hydrogens is 362 g/mol. The van der Waals surface area contributed by atoms with Crippen LogP contribution in [0.3, 0.4) is 0 Å². The number of fused-ring (bicyclic) bond motifs is 2. The van der Waals surface area contributed by atoms with Crippen molar-refractivity contribution in [2.75, 3.05) is 12.3 Å². The van der Waals surface area contributed by atoms with Crippen molar-refractivity contribution >= 4 is 28.3 Å². The van der Waals surface area contributed by atoms with Crippen molar-refractivity contribution in [3.63, 3.8) is 0 Å². The first-order valence-electron chi connectivity index (χ1n) is 8.51. The average Bonchev–Trinajstić information content (AvgIpc) is 3.15. The minimum atomic E-state index is -3.42. The lowest BCUT2D eigenvalue weighted by Crippen LogP contribution is -2.46. The Kier molecular flexibility index (Phi) is 6.85. The molecule has 0 aromatic heterocycles. The van der Waals surface area contributed by atoms with E-state index in [1.54, 1.807) is 0 Å². The number of nitrogens with one attached hydrogen (secondary N) is 2. The molecule has 4 N–H and O–H groups in total. The first kappa shape index (κ1) is 20.2. The SMILES string of the molecule is Cl.NC1C2CCC(C2)C1C(=O)NCCS(=O)(=O)NCc1ccccc1. The van der Waals surface area contributed by atoms with Gasteiger partial charge in [-0.3, -0.25) is 4.79 Å². The van der Waals surface area contributed by atoms with Gasteiger partial charge in [-0.1, -0.05) is 30.3 Å². The summed E-state index contributed by atoms with van der Waals surface area (Å²) in [5.74, 6) is 0.471. The van der Waals surface area contributed by atoms with Crippen LogP contribution in [-0.2, 0) is 21.4 Å². The minimum Gasteiger partial charge on any atom is -0.355 e. The van der Waals surface area contributed by atoms with E-state index in [0.29, 0.717) is 11.8 Å². The summed E-state index contributed by atoms with van der Waals surface area (Å²) in [6.07, 6.45) is 3.22. The van der Waals surface area contributed by atoms with Gasteiger partial charge in [0.1, 0.15) is 0 Å². The molecule has 0 heterocycles. The third kappa shape index (κ3) is 4.94. The summed E-state index contributed by atoms with van der Waals surface area (Å²) in [5, 5.41) is 2.76. The fourth-order valence-corrected chi connectivity index (χ4v) is 4.91. The molecule has 140 valence electrons. The number of halogens is 1. The van der Waals surface area contributed by atoms with E-state index in [4.69, 9.17) is 5.73 Å². The molecule has 2 aliphatic rings. The number of carbonyl (C=O) groups excluding carboxylic acids is 1. The molecule has 2 fully saturated rings. The van der Waals surface area contributed by atoms with Crippen molar-refractivity contribution in [2.24, 2.45) is 23.5 Å². The van der Waals surface area contributed by atoms with Crippen molar-refractivity contribution in [3.8, 4) is 0 Å². The number of hydrogen-bond acceptors (Lipinski definition) is 4. The van der Waals surface area contributed by atoms with E-state index in [9.17, 15) is 13.2 Å². The van der Waals surface area contributed by atoms with E-state index in [1.807, 2.05) is 30.3 Å². The lowest BCUT2D eigenvalue weighted by atomic mass is 9.84. The van der Waals surface area contributed by atoms with Gasteiger partial charge in [-0.15, -0.1) is 12.4 Å². The van der Waals surface area contributed by atoms with E-state index >= 15 is 0 Å². The van der Waals surface area contributed by atoms with Crippen molar-refractivity contribution in [3.05, 3.63) is 35.9 Å². The molecular formula is C17H26ClN3O3S. The van der Waals surface area contributed by atoms with Crippen molar-refractivity contribution in [1.82, 2.24) is 10.0 Å². The number of amides is 1. The minimum absolute atomic E-state index is 0. The number of hydrogen-bond donors (Lipinski definition) is 3. The zero-order valence-electron chi connectivity index (χ0n) is 14.1. The molecule has 3 rings (SSSR count). The first-order chi connectivity index (χ1) is 11.5. The van der Waals surface area contributed by atoms with Gasteiger partial charge < -0.3 is 11.1 Å². The highest BCUT2D eigenvalue weighted by Gasteiger charge is 2.48. The predicted molar refractivity (Wildman–Crippen MR) is 99.6 cm³/mol. The zero-order valence-corrected chi connectivity index (χ0v) is 15.7. The van der Waals surface area contributed by atoms with E-state index in [1.165, 1.54) is 0 Å². The maximum atomic E-state index is 12.3. The fraction of sp³-hybridized carbons (Fsp3) is 0.588. The quantitative estimate of drug-likeness (QED) is 0.650. The van der Waals surface area contributed by atoms with E-state index in [2.05, 4.69) is 10.0 Å². The van der Waals surface area contributed by atoms with Gasteiger partial charge in [0.05, 0.1) is 11.7 Å². The Labute approximate surface area is 155 Å². The summed E-state index contributed by atoms with van der Waals surface area (Å²) in [7, 11) is -3.42. The normalized spacial score (nSPS) is 27.7. The van der Waals surface area contributed by atoms with Crippen LogP contribution in [0.25, 0.3) is 0 Å². The second kappa shape index (κ2) is 8.49. The van der Waals surface area contributed by atoms with Gasteiger partial charge in [0.25, 0.3) is 0 Å². The Balaban J connectivity index is 0.00000225. The molecule has 0 aliphatic heterocycles. The van der Waals surface area contributed by atoms with Crippen LogP contribution in [0.4, 0.5) is 0 Å².